The molecule has 2 aromatic heterocycles. The first-order valence-corrected chi connectivity index (χ1v) is 15.6. The number of hydrogen-bond acceptors (Lipinski definition) is 5. The summed E-state index contributed by atoms with van der Waals surface area (Å²) in [5.74, 6) is 0.432. The summed E-state index contributed by atoms with van der Waals surface area (Å²) in [4.78, 5) is 21.4. The quantitative estimate of drug-likeness (QED) is 0.219. The van der Waals surface area contributed by atoms with Crippen LogP contribution in [0.4, 0.5) is 5.69 Å². The van der Waals surface area contributed by atoms with Crippen molar-refractivity contribution in [3.05, 3.63) is 56.9 Å². The van der Waals surface area contributed by atoms with E-state index in [-0.39, 0.29) is 27.4 Å². The molecule has 2 aliphatic rings. The molecule has 0 aliphatic carbocycles. The molecule has 1 unspecified atom stereocenters. The molecule has 2 aliphatic heterocycles. The van der Waals surface area contributed by atoms with Crippen LogP contribution in [-0.2, 0) is 16.2 Å². The van der Waals surface area contributed by atoms with Gasteiger partial charge in [0, 0.05) is 28.7 Å². The molecule has 0 fully saturated rings. The van der Waals surface area contributed by atoms with Gasteiger partial charge in [-0.3, -0.25) is 0 Å². The minimum Gasteiger partial charge on any atom is -0.422 e. The average molecular weight is 557 g/mol. The van der Waals surface area contributed by atoms with E-state index < -0.39 is 0 Å². The van der Waals surface area contributed by atoms with Crippen molar-refractivity contribution in [2.45, 2.75) is 117 Å². The van der Waals surface area contributed by atoms with Crippen LogP contribution < -0.4 is 10.5 Å². The van der Waals surface area contributed by atoms with Crippen LogP contribution in [0.15, 0.2) is 33.5 Å². The lowest BCUT2D eigenvalue weighted by atomic mass is 9.69. The third kappa shape index (κ3) is 4.14. The third-order valence-electron chi connectivity index (χ3n) is 9.39. The molecule has 0 bridgehead atoms. The first-order valence-electron chi connectivity index (χ1n) is 14.8. The summed E-state index contributed by atoms with van der Waals surface area (Å²) in [6.07, 6.45) is 2.14. The monoisotopic (exact) mass is 556 g/mol. The number of aromatic nitrogens is 1. The second-order valence-corrected chi connectivity index (χ2v) is 16.6. The van der Waals surface area contributed by atoms with E-state index in [1.807, 2.05) is 0 Å². The van der Waals surface area contributed by atoms with Gasteiger partial charge < -0.3 is 9.32 Å². The van der Waals surface area contributed by atoms with E-state index in [1.165, 1.54) is 27.9 Å². The van der Waals surface area contributed by atoms with Gasteiger partial charge in [0.25, 0.3) is 0 Å². The highest BCUT2D eigenvalue weighted by molar-refractivity contribution is 7.21. The molecule has 0 amide bonds. The Balaban J connectivity index is 1.61. The van der Waals surface area contributed by atoms with Gasteiger partial charge in [0.1, 0.15) is 10.6 Å². The summed E-state index contributed by atoms with van der Waals surface area (Å²) < 4.78 is 7.47. The maximum Gasteiger partial charge on any atom is 0.346 e. The fourth-order valence-corrected chi connectivity index (χ4v) is 8.34. The van der Waals surface area contributed by atoms with E-state index in [0.717, 1.165) is 45.6 Å². The summed E-state index contributed by atoms with van der Waals surface area (Å²) in [6.45, 7) is 26.1. The number of anilines is 1. The van der Waals surface area contributed by atoms with Crippen LogP contribution in [0, 0.1) is 0 Å². The van der Waals surface area contributed by atoms with Crippen LogP contribution in [0.1, 0.15) is 117 Å². The lowest BCUT2D eigenvalue weighted by molar-refractivity contribution is 0.334. The number of benzene rings is 2. The molecule has 0 saturated heterocycles. The molecule has 0 radical (unpaired) electrons. The molecule has 4 nitrogen and oxygen atoms in total. The highest BCUT2D eigenvalue weighted by Crippen LogP contribution is 2.54. The minimum atomic E-state index is -0.299. The van der Waals surface area contributed by atoms with Crippen molar-refractivity contribution in [3.63, 3.8) is 0 Å². The Kier molecular flexibility index (Phi) is 5.80. The standard InChI is InChI=1S/C35H44N2O2S/c1-19-18-35(10,11)37-13-12-34(8,9)26-27(37)22(19)14-20-15-23(31(38)39-28(20)26)30-36-25-17-21(32(2,3)4)16-24(29(25)40-30)33(5,6)7/h14-17,19H,12-13,18H2,1-11H3. The van der Waals surface area contributed by atoms with Gasteiger partial charge in [0.15, 0.2) is 0 Å². The Bertz CT molecular complexity index is 1740. The largest absolute Gasteiger partial charge is 0.422 e. The van der Waals surface area contributed by atoms with E-state index in [9.17, 15) is 4.79 Å². The van der Waals surface area contributed by atoms with E-state index in [4.69, 9.17) is 9.40 Å². The molecule has 0 spiro atoms. The average Bonchev–Trinajstić information content (AvgIpc) is 3.23. The SMILES string of the molecule is CC1CC(C)(C)N2CCC(C)(C)c3c2c1cc1cc(-c2nc4cc(C(C)(C)C)cc(C(C)(C)C)c4s2)c(=O)oc31. The predicted molar refractivity (Wildman–Crippen MR) is 171 cm³/mol. The molecular formula is C35H44N2O2S. The number of nitrogens with zero attached hydrogens (tertiary/aromatic N) is 2. The van der Waals surface area contributed by atoms with Crippen LogP contribution in [0.5, 0.6) is 0 Å². The van der Waals surface area contributed by atoms with Crippen molar-refractivity contribution in [3.8, 4) is 10.6 Å². The van der Waals surface area contributed by atoms with Crippen molar-refractivity contribution >= 4 is 38.2 Å². The van der Waals surface area contributed by atoms with Gasteiger partial charge >= 0.3 is 5.63 Å². The second kappa shape index (κ2) is 8.44. The molecule has 4 heterocycles. The fourth-order valence-electron chi connectivity index (χ4n) is 7.06. The summed E-state index contributed by atoms with van der Waals surface area (Å²) in [5.41, 5.74) is 8.35. The zero-order chi connectivity index (χ0) is 29.2. The summed E-state index contributed by atoms with van der Waals surface area (Å²) >= 11 is 1.62. The second-order valence-electron chi connectivity index (χ2n) is 15.6. The topological polar surface area (TPSA) is 46.3 Å². The normalized spacial score (nSPS) is 20.3. The molecule has 2 aromatic carbocycles. The highest BCUT2D eigenvalue weighted by Gasteiger charge is 2.45. The fraction of sp³-hybridized carbons (Fsp3) is 0.543. The molecule has 1 atom stereocenters. The van der Waals surface area contributed by atoms with Crippen LogP contribution in [-0.4, -0.2) is 17.1 Å². The van der Waals surface area contributed by atoms with Gasteiger partial charge in [-0.25, -0.2) is 9.78 Å². The zero-order valence-electron chi connectivity index (χ0n) is 26.1. The van der Waals surface area contributed by atoms with Crippen LogP contribution in [0.2, 0.25) is 0 Å². The van der Waals surface area contributed by atoms with Gasteiger partial charge in [-0.1, -0.05) is 68.4 Å². The molecule has 212 valence electrons. The van der Waals surface area contributed by atoms with E-state index in [0.29, 0.717) is 11.5 Å². The van der Waals surface area contributed by atoms with Crippen molar-refractivity contribution in [2.75, 3.05) is 11.4 Å². The number of rotatable bonds is 1. The van der Waals surface area contributed by atoms with Gasteiger partial charge in [-0.15, -0.1) is 11.3 Å². The van der Waals surface area contributed by atoms with Crippen molar-refractivity contribution in [1.82, 2.24) is 4.98 Å². The Labute approximate surface area is 242 Å². The zero-order valence-corrected chi connectivity index (χ0v) is 26.9. The van der Waals surface area contributed by atoms with Gasteiger partial charge in [0.05, 0.1) is 15.8 Å². The Hall–Kier alpha value is -2.66. The Morgan fingerprint density at radius 3 is 2.35 bits per heavy atom. The number of thiazole rings is 1. The first kappa shape index (κ1) is 27.5. The van der Waals surface area contributed by atoms with Gasteiger partial charge in [0.2, 0.25) is 0 Å². The van der Waals surface area contributed by atoms with Gasteiger partial charge in [-0.2, -0.15) is 0 Å². The van der Waals surface area contributed by atoms with Crippen molar-refractivity contribution < 1.29 is 4.42 Å². The third-order valence-corrected chi connectivity index (χ3v) is 10.5. The predicted octanol–water partition coefficient (Wildman–Crippen LogP) is 9.44. The smallest absolute Gasteiger partial charge is 0.346 e. The molecule has 0 N–H and O–H groups in total. The molecule has 6 rings (SSSR count). The maximum absolute atomic E-state index is 13.7. The summed E-state index contributed by atoms with van der Waals surface area (Å²) in [7, 11) is 0. The van der Waals surface area contributed by atoms with Crippen molar-refractivity contribution in [1.29, 1.82) is 0 Å². The Morgan fingerprint density at radius 2 is 1.70 bits per heavy atom. The molecular weight excluding hydrogens is 512 g/mol. The van der Waals surface area contributed by atoms with Crippen LogP contribution in [0.25, 0.3) is 31.8 Å². The van der Waals surface area contributed by atoms with Gasteiger partial charge in [-0.05, 0) is 83.7 Å². The van der Waals surface area contributed by atoms with Crippen molar-refractivity contribution in [2.24, 2.45) is 0 Å². The summed E-state index contributed by atoms with van der Waals surface area (Å²) in [5, 5.41) is 1.75. The Morgan fingerprint density at radius 1 is 1.00 bits per heavy atom. The minimum absolute atomic E-state index is 0.00632. The molecule has 0 saturated carbocycles. The number of hydrogen-bond donors (Lipinski definition) is 0. The lowest BCUT2D eigenvalue weighted by Gasteiger charge is -2.53. The van der Waals surface area contributed by atoms with E-state index in [2.05, 4.69) is 105 Å². The maximum atomic E-state index is 13.7. The highest BCUT2D eigenvalue weighted by atomic mass is 32.1. The van der Waals surface area contributed by atoms with Crippen LogP contribution in [0.3, 0.4) is 0 Å². The van der Waals surface area contributed by atoms with E-state index >= 15 is 0 Å². The van der Waals surface area contributed by atoms with Crippen LogP contribution >= 0.6 is 11.3 Å². The first-order chi connectivity index (χ1) is 18.4. The molecule has 40 heavy (non-hydrogen) atoms. The summed E-state index contributed by atoms with van der Waals surface area (Å²) in [6, 6.07) is 8.88. The number of fused-ring (bicyclic) bond motifs is 3. The van der Waals surface area contributed by atoms with E-state index in [1.54, 1.807) is 11.3 Å². The molecule has 4 aromatic rings. The molecule has 5 heteroatoms. The lowest BCUT2D eigenvalue weighted by Crippen LogP contribution is -2.53.